The topological polar surface area (TPSA) is 118 Å². The van der Waals surface area contributed by atoms with Crippen LogP contribution in [0.25, 0.3) is 0 Å². The van der Waals surface area contributed by atoms with Gasteiger partial charge in [0, 0.05) is 32.7 Å². The van der Waals surface area contributed by atoms with Crippen LogP contribution in [-0.2, 0) is 33.3 Å². The van der Waals surface area contributed by atoms with Crippen LogP contribution in [0.2, 0.25) is 0 Å². The molecule has 0 aliphatic carbocycles. The molecule has 2 rings (SSSR count). The summed E-state index contributed by atoms with van der Waals surface area (Å²) in [6, 6.07) is 6.73. The fourth-order valence-electron chi connectivity index (χ4n) is 2.49. The van der Waals surface area contributed by atoms with E-state index in [4.69, 9.17) is 9.15 Å². The molecule has 1 aromatic carbocycles. The highest BCUT2D eigenvalue weighted by molar-refractivity contribution is 14.0. The molecule has 0 atom stereocenters. The monoisotopic (exact) mass is 565 g/mol. The summed E-state index contributed by atoms with van der Waals surface area (Å²) in [6.45, 7) is 7.50. The summed E-state index contributed by atoms with van der Waals surface area (Å²) in [6.07, 6.45) is 1.74. The first-order chi connectivity index (χ1) is 14.2. The van der Waals surface area contributed by atoms with Crippen molar-refractivity contribution in [3.8, 4) is 0 Å². The molecule has 0 spiro atoms. The van der Waals surface area contributed by atoms with Gasteiger partial charge in [-0.3, -0.25) is 4.99 Å². The van der Waals surface area contributed by atoms with Crippen molar-refractivity contribution < 1.29 is 17.6 Å². The number of hydrogen-bond donors (Lipinski definition) is 3. The quantitative estimate of drug-likeness (QED) is 0.185. The molecule has 11 heteroatoms. The Labute approximate surface area is 201 Å². The van der Waals surface area contributed by atoms with Gasteiger partial charge in [-0.05, 0) is 17.7 Å². The minimum Gasteiger partial charge on any atom is -0.443 e. The second-order valence-electron chi connectivity index (χ2n) is 7.69. The Bertz CT molecular complexity index is 954. The van der Waals surface area contributed by atoms with Gasteiger partial charge >= 0.3 is 0 Å². The maximum absolute atomic E-state index is 12.3. The number of benzene rings is 1. The average molecular weight is 565 g/mol. The SMILES string of the molecule is CN=C(NCc1cccc(S(=O)(=O)NCCOC)c1)NCc1ncc(C(C)(C)C)o1.I. The van der Waals surface area contributed by atoms with Gasteiger partial charge in [0.05, 0.1) is 24.2 Å². The molecule has 9 nitrogen and oxygen atoms in total. The zero-order valence-corrected chi connectivity index (χ0v) is 21.7. The molecule has 3 N–H and O–H groups in total. The zero-order chi connectivity index (χ0) is 22.2. The molecule has 1 aromatic heterocycles. The molecular formula is C20H32IN5O4S. The largest absolute Gasteiger partial charge is 0.443 e. The molecular weight excluding hydrogens is 533 g/mol. The number of sulfonamides is 1. The van der Waals surface area contributed by atoms with E-state index in [1.165, 1.54) is 7.11 Å². The highest BCUT2D eigenvalue weighted by Gasteiger charge is 2.19. The number of hydrogen-bond acceptors (Lipinski definition) is 6. The molecule has 174 valence electrons. The van der Waals surface area contributed by atoms with E-state index < -0.39 is 10.0 Å². The molecule has 0 aliphatic rings. The lowest BCUT2D eigenvalue weighted by Crippen LogP contribution is -2.36. The first kappa shape index (κ1) is 27.3. The van der Waals surface area contributed by atoms with Gasteiger partial charge in [0.15, 0.2) is 5.96 Å². The highest BCUT2D eigenvalue weighted by Crippen LogP contribution is 2.22. The third kappa shape index (κ3) is 8.75. The average Bonchev–Trinajstić information content (AvgIpc) is 3.18. The van der Waals surface area contributed by atoms with Crippen LogP contribution in [-0.4, -0.2) is 46.7 Å². The molecule has 0 amide bonds. The van der Waals surface area contributed by atoms with Crippen LogP contribution < -0.4 is 15.4 Å². The predicted octanol–water partition coefficient (Wildman–Crippen LogP) is 2.38. The van der Waals surface area contributed by atoms with Gasteiger partial charge in [-0.1, -0.05) is 32.9 Å². The van der Waals surface area contributed by atoms with Crippen LogP contribution in [0.4, 0.5) is 0 Å². The Kier molecular flexibility index (Phi) is 10.9. The predicted molar refractivity (Wildman–Crippen MR) is 131 cm³/mol. The van der Waals surface area contributed by atoms with E-state index in [9.17, 15) is 8.42 Å². The van der Waals surface area contributed by atoms with Gasteiger partial charge in [0.1, 0.15) is 5.76 Å². The van der Waals surface area contributed by atoms with Crippen molar-refractivity contribution in [1.82, 2.24) is 20.3 Å². The third-order valence-electron chi connectivity index (χ3n) is 4.19. The molecule has 1 heterocycles. The van der Waals surface area contributed by atoms with Crippen molar-refractivity contribution in [3.05, 3.63) is 47.7 Å². The minimum absolute atomic E-state index is 0. The van der Waals surface area contributed by atoms with Gasteiger partial charge in [0.25, 0.3) is 0 Å². The maximum atomic E-state index is 12.3. The van der Waals surface area contributed by atoms with Gasteiger partial charge in [0.2, 0.25) is 15.9 Å². The van der Waals surface area contributed by atoms with E-state index in [-0.39, 0.29) is 40.8 Å². The zero-order valence-electron chi connectivity index (χ0n) is 18.6. The van der Waals surface area contributed by atoms with E-state index >= 15 is 0 Å². The lowest BCUT2D eigenvalue weighted by atomic mass is 9.94. The van der Waals surface area contributed by atoms with Crippen molar-refractivity contribution in [1.29, 1.82) is 0 Å². The summed E-state index contributed by atoms with van der Waals surface area (Å²) in [5.74, 6) is 1.94. The molecule has 31 heavy (non-hydrogen) atoms. The number of nitrogens with zero attached hydrogens (tertiary/aromatic N) is 2. The van der Waals surface area contributed by atoms with Crippen molar-refractivity contribution in [2.75, 3.05) is 27.3 Å². The molecule has 0 unspecified atom stereocenters. The van der Waals surface area contributed by atoms with E-state index in [0.29, 0.717) is 31.5 Å². The molecule has 0 saturated carbocycles. The van der Waals surface area contributed by atoms with Crippen LogP contribution in [0.1, 0.15) is 38.0 Å². The van der Waals surface area contributed by atoms with E-state index in [0.717, 1.165) is 11.3 Å². The van der Waals surface area contributed by atoms with Crippen molar-refractivity contribution in [2.24, 2.45) is 4.99 Å². The second kappa shape index (κ2) is 12.4. The number of aliphatic imine (C=N–C) groups is 1. The Morgan fingerprint density at radius 3 is 2.55 bits per heavy atom. The van der Waals surface area contributed by atoms with Crippen molar-refractivity contribution in [2.45, 2.75) is 44.2 Å². The highest BCUT2D eigenvalue weighted by atomic mass is 127. The summed E-state index contributed by atoms with van der Waals surface area (Å²) in [5.41, 5.74) is 0.702. The number of nitrogens with one attached hydrogen (secondary N) is 3. The van der Waals surface area contributed by atoms with Gasteiger partial charge in [-0.25, -0.2) is 18.1 Å². The summed E-state index contributed by atoms with van der Waals surface area (Å²) in [7, 11) is -0.400. The maximum Gasteiger partial charge on any atom is 0.240 e. The number of methoxy groups -OCH3 is 1. The lowest BCUT2D eigenvalue weighted by Gasteiger charge is -2.14. The van der Waals surface area contributed by atoms with Crippen LogP contribution in [0.3, 0.4) is 0 Å². The van der Waals surface area contributed by atoms with Gasteiger partial charge in [-0.15, -0.1) is 24.0 Å². The standard InChI is InChI=1S/C20H31N5O4S.HI/c1-20(2,3)17-13-22-18(29-17)14-24-19(21-4)23-12-15-7-6-8-16(11-15)30(26,27)25-9-10-28-5;/h6-8,11,13,25H,9-10,12,14H2,1-5H3,(H2,21,23,24);1H. The second-order valence-corrected chi connectivity index (χ2v) is 9.45. The number of rotatable bonds is 9. The Balaban J connectivity index is 0.00000480. The number of oxazole rings is 1. The minimum atomic E-state index is -3.58. The van der Waals surface area contributed by atoms with Gasteiger partial charge < -0.3 is 19.8 Å². The number of aromatic nitrogens is 1. The third-order valence-corrected chi connectivity index (χ3v) is 5.65. The van der Waals surface area contributed by atoms with E-state index in [1.807, 2.05) is 6.07 Å². The first-order valence-corrected chi connectivity index (χ1v) is 11.1. The Hall–Kier alpha value is -1.70. The molecule has 0 fully saturated rings. The Morgan fingerprint density at radius 2 is 1.94 bits per heavy atom. The number of halogens is 1. The lowest BCUT2D eigenvalue weighted by molar-refractivity contribution is 0.204. The molecule has 2 aromatic rings. The van der Waals surface area contributed by atoms with Crippen LogP contribution in [0, 0.1) is 0 Å². The molecule has 0 radical (unpaired) electrons. The van der Waals surface area contributed by atoms with E-state index in [2.05, 4.69) is 46.1 Å². The van der Waals surface area contributed by atoms with Crippen LogP contribution >= 0.6 is 24.0 Å². The summed E-state index contributed by atoms with van der Waals surface area (Å²) < 4.78 is 37.8. The van der Waals surface area contributed by atoms with Gasteiger partial charge in [-0.2, -0.15) is 0 Å². The fourth-order valence-corrected chi connectivity index (χ4v) is 3.57. The number of ether oxygens (including phenoxy) is 1. The fraction of sp³-hybridized carbons (Fsp3) is 0.500. The first-order valence-electron chi connectivity index (χ1n) is 9.63. The van der Waals surface area contributed by atoms with Crippen molar-refractivity contribution in [3.63, 3.8) is 0 Å². The number of guanidine groups is 1. The Morgan fingerprint density at radius 1 is 1.23 bits per heavy atom. The summed E-state index contributed by atoms with van der Waals surface area (Å²) in [4.78, 5) is 8.66. The van der Waals surface area contributed by atoms with Crippen LogP contribution in [0.5, 0.6) is 0 Å². The molecule has 0 bridgehead atoms. The van der Waals surface area contributed by atoms with Crippen LogP contribution in [0.15, 0.2) is 44.8 Å². The smallest absolute Gasteiger partial charge is 0.240 e. The molecule has 0 saturated heterocycles. The summed E-state index contributed by atoms with van der Waals surface area (Å²) >= 11 is 0. The van der Waals surface area contributed by atoms with E-state index in [1.54, 1.807) is 31.4 Å². The molecule has 0 aliphatic heterocycles. The van der Waals surface area contributed by atoms with Crippen molar-refractivity contribution >= 4 is 40.0 Å². The normalized spacial score (nSPS) is 12.4. The summed E-state index contributed by atoms with van der Waals surface area (Å²) in [5, 5.41) is 6.30.